The number of carbonyl (C=O) groups excluding carboxylic acids is 1. The zero-order chi connectivity index (χ0) is 20.9. The first-order valence-electron chi connectivity index (χ1n) is 10.3. The third-order valence-corrected chi connectivity index (χ3v) is 5.60. The molecule has 0 aromatic heterocycles. The van der Waals surface area contributed by atoms with Gasteiger partial charge in [0.05, 0.1) is 5.56 Å². The average Bonchev–Trinajstić information content (AvgIpc) is 2.72. The van der Waals surface area contributed by atoms with Crippen molar-refractivity contribution in [3.05, 3.63) is 65.2 Å². The van der Waals surface area contributed by atoms with E-state index in [-0.39, 0.29) is 11.4 Å². The Hall–Kier alpha value is -2.37. The first-order valence-corrected chi connectivity index (χ1v) is 10.3. The molecule has 0 spiro atoms. The van der Waals surface area contributed by atoms with E-state index in [0.29, 0.717) is 24.5 Å². The van der Waals surface area contributed by atoms with Crippen LogP contribution in [0.4, 0.5) is 0 Å². The largest absolute Gasteiger partial charge is 0.491 e. The Labute approximate surface area is 174 Å². The summed E-state index contributed by atoms with van der Waals surface area (Å²) < 4.78 is 5.84. The van der Waals surface area contributed by atoms with E-state index in [2.05, 4.69) is 53.2 Å². The maximum atomic E-state index is 12.9. The molecule has 156 valence electrons. The lowest BCUT2D eigenvalue weighted by molar-refractivity contribution is 0.0823. The van der Waals surface area contributed by atoms with E-state index in [1.54, 1.807) is 0 Å². The number of nitrogens with one attached hydrogen (secondary N) is 1. The van der Waals surface area contributed by atoms with Crippen molar-refractivity contribution >= 4 is 5.91 Å². The summed E-state index contributed by atoms with van der Waals surface area (Å²) in [6, 6.07) is 16.1. The van der Waals surface area contributed by atoms with Gasteiger partial charge in [-0.05, 0) is 57.6 Å². The first kappa shape index (κ1) is 21.3. The number of hydrogen-bond donors (Lipinski definition) is 1. The Morgan fingerprint density at radius 3 is 2.55 bits per heavy atom. The zero-order valence-electron chi connectivity index (χ0n) is 18.1. The first-order chi connectivity index (χ1) is 13.9. The minimum Gasteiger partial charge on any atom is -0.491 e. The van der Waals surface area contributed by atoms with Crippen LogP contribution in [-0.2, 0) is 13.0 Å². The number of amides is 1. The van der Waals surface area contributed by atoms with Gasteiger partial charge in [-0.15, -0.1) is 0 Å². The van der Waals surface area contributed by atoms with E-state index in [0.717, 1.165) is 26.1 Å². The molecule has 5 heteroatoms. The smallest absolute Gasteiger partial charge is 0.255 e. The van der Waals surface area contributed by atoms with E-state index in [9.17, 15) is 4.79 Å². The van der Waals surface area contributed by atoms with Crippen molar-refractivity contribution in [3.63, 3.8) is 0 Å². The molecule has 2 aromatic rings. The Morgan fingerprint density at radius 2 is 1.79 bits per heavy atom. The summed E-state index contributed by atoms with van der Waals surface area (Å²) in [5.41, 5.74) is 3.28. The number of carbonyl (C=O) groups is 1. The highest BCUT2D eigenvalue weighted by atomic mass is 16.5. The van der Waals surface area contributed by atoms with E-state index in [1.165, 1.54) is 11.1 Å². The second-order valence-electron chi connectivity index (χ2n) is 8.58. The van der Waals surface area contributed by atoms with Gasteiger partial charge in [-0.2, -0.15) is 0 Å². The molecular weight excluding hydrogens is 362 g/mol. The summed E-state index contributed by atoms with van der Waals surface area (Å²) in [5.74, 6) is 0.549. The van der Waals surface area contributed by atoms with Gasteiger partial charge in [0.2, 0.25) is 0 Å². The fraction of sp³-hybridized carbons (Fsp3) is 0.458. The molecule has 1 aliphatic rings. The summed E-state index contributed by atoms with van der Waals surface area (Å²) in [5, 5.41) is 3.13. The van der Waals surface area contributed by atoms with Crippen molar-refractivity contribution in [2.24, 2.45) is 0 Å². The zero-order valence-corrected chi connectivity index (χ0v) is 18.1. The molecule has 29 heavy (non-hydrogen) atoms. The van der Waals surface area contributed by atoms with Gasteiger partial charge in [0.1, 0.15) is 12.4 Å². The normalized spacial score (nSPS) is 14.5. The van der Waals surface area contributed by atoms with Gasteiger partial charge in [0.15, 0.2) is 0 Å². The van der Waals surface area contributed by atoms with E-state index >= 15 is 0 Å². The summed E-state index contributed by atoms with van der Waals surface area (Å²) >= 11 is 0. The number of ether oxygens (including phenoxy) is 1. The molecule has 0 unspecified atom stereocenters. The second-order valence-corrected chi connectivity index (χ2v) is 8.58. The average molecular weight is 396 g/mol. The van der Waals surface area contributed by atoms with Gasteiger partial charge in [-0.25, -0.2) is 0 Å². The molecule has 0 bridgehead atoms. The van der Waals surface area contributed by atoms with Gasteiger partial charge in [-0.3, -0.25) is 9.69 Å². The number of hydrogen-bond acceptors (Lipinski definition) is 4. The molecule has 1 amide bonds. The molecule has 0 saturated heterocycles. The molecule has 0 atom stereocenters. The molecule has 0 fully saturated rings. The monoisotopic (exact) mass is 395 g/mol. The molecule has 0 aliphatic carbocycles. The molecule has 2 aromatic carbocycles. The van der Waals surface area contributed by atoms with Gasteiger partial charge < -0.3 is 15.0 Å². The minimum atomic E-state index is -0.135. The molecule has 1 aliphatic heterocycles. The summed E-state index contributed by atoms with van der Waals surface area (Å²) in [7, 11) is 4.01. The Balaban J connectivity index is 1.60. The topological polar surface area (TPSA) is 44.8 Å². The number of nitrogens with zero attached hydrogens (tertiary/aromatic N) is 2. The SMILES string of the molecule is CN(C)CCOc1ccccc1C(=O)NCC(C)(C)N1CCc2ccccc2C1. The van der Waals surface area contributed by atoms with Crippen molar-refractivity contribution in [3.8, 4) is 5.75 Å². The number of fused-ring (bicyclic) bond motifs is 1. The van der Waals surface area contributed by atoms with Crippen LogP contribution in [-0.4, -0.2) is 61.6 Å². The highest BCUT2D eigenvalue weighted by Gasteiger charge is 2.30. The summed E-state index contributed by atoms with van der Waals surface area (Å²) in [6.45, 7) is 8.25. The Bertz CT molecular complexity index is 832. The van der Waals surface area contributed by atoms with Crippen molar-refractivity contribution in [2.75, 3.05) is 40.3 Å². The van der Waals surface area contributed by atoms with Gasteiger partial charge >= 0.3 is 0 Å². The van der Waals surface area contributed by atoms with Crippen molar-refractivity contribution < 1.29 is 9.53 Å². The van der Waals surface area contributed by atoms with E-state index in [1.807, 2.05) is 38.4 Å². The fourth-order valence-corrected chi connectivity index (χ4v) is 3.63. The summed E-state index contributed by atoms with van der Waals surface area (Å²) in [6.07, 6.45) is 1.05. The molecule has 1 N–H and O–H groups in total. The Kier molecular flexibility index (Phi) is 6.93. The standard InChI is InChI=1S/C24H33N3O2/c1-24(2,27-14-13-19-9-5-6-10-20(19)17-27)18-25-23(28)21-11-7-8-12-22(21)29-16-15-26(3)4/h5-12H,13-18H2,1-4H3,(H,25,28). The van der Waals surface area contributed by atoms with Crippen LogP contribution >= 0.6 is 0 Å². The van der Waals surface area contributed by atoms with E-state index < -0.39 is 0 Å². The number of benzene rings is 2. The van der Waals surface area contributed by atoms with Crippen LogP contribution in [0.2, 0.25) is 0 Å². The van der Waals surface area contributed by atoms with Crippen molar-refractivity contribution in [2.45, 2.75) is 32.4 Å². The number of likely N-dealkylation sites (N-methyl/N-ethyl adjacent to an activating group) is 1. The van der Waals surface area contributed by atoms with Crippen LogP contribution in [0.15, 0.2) is 48.5 Å². The molecule has 0 radical (unpaired) electrons. The highest BCUT2D eigenvalue weighted by molar-refractivity contribution is 5.96. The van der Waals surface area contributed by atoms with Crippen LogP contribution in [0.25, 0.3) is 0 Å². The highest BCUT2D eigenvalue weighted by Crippen LogP contribution is 2.25. The number of para-hydroxylation sites is 1. The predicted octanol–water partition coefficient (Wildman–Crippen LogP) is 3.19. The molecule has 5 nitrogen and oxygen atoms in total. The van der Waals surface area contributed by atoms with Gasteiger partial charge in [0, 0.05) is 31.7 Å². The lowest BCUT2D eigenvalue weighted by Crippen LogP contribution is -2.53. The quantitative estimate of drug-likeness (QED) is 0.746. The van der Waals surface area contributed by atoms with Crippen molar-refractivity contribution in [1.82, 2.24) is 15.1 Å². The maximum Gasteiger partial charge on any atom is 0.255 e. The summed E-state index contributed by atoms with van der Waals surface area (Å²) in [4.78, 5) is 17.4. The van der Waals surface area contributed by atoms with Crippen LogP contribution in [0.3, 0.4) is 0 Å². The molecule has 1 heterocycles. The minimum absolute atomic E-state index is 0.0871. The van der Waals surface area contributed by atoms with Crippen LogP contribution in [0.1, 0.15) is 35.3 Å². The molecule has 0 saturated carbocycles. The Morgan fingerprint density at radius 1 is 1.10 bits per heavy atom. The van der Waals surface area contributed by atoms with Crippen LogP contribution in [0.5, 0.6) is 5.75 Å². The third kappa shape index (κ3) is 5.58. The lowest BCUT2D eigenvalue weighted by atomic mass is 9.94. The lowest BCUT2D eigenvalue weighted by Gasteiger charge is -2.41. The van der Waals surface area contributed by atoms with E-state index in [4.69, 9.17) is 4.74 Å². The van der Waals surface area contributed by atoms with Gasteiger partial charge in [0.25, 0.3) is 5.91 Å². The number of rotatable bonds is 8. The second kappa shape index (κ2) is 9.42. The maximum absolute atomic E-state index is 12.9. The van der Waals surface area contributed by atoms with Crippen molar-refractivity contribution in [1.29, 1.82) is 0 Å². The fourth-order valence-electron chi connectivity index (χ4n) is 3.63. The molecule has 3 rings (SSSR count). The van der Waals surface area contributed by atoms with Gasteiger partial charge in [-0.1, -0.05) is 36.4 Å². The molecular formula is C24H33N3O2. The van der Waals surface area contributed by atoms with Crippen LogP contribution in [0, 0.1) is 0 Å². The predicted molar refractivity (Wildman–Crippen MR) is 117 cm³/mol. The third-order valence-electron chi connectivity index (χ3n) is 5.60. The van der Waals surface area contributed by atoms with Crippen LogP contribution < -0.4 is 10.1 Å².